The molecule has 5 rings (SSSR count). The number of methoxy groups -OCH3 is 2. The first-order valence-electron chi connectivity index (χ1n) is 12.6. The van der Waals surface area contributed by atoms with Crippen LogP contribution in [0.2, 0.25) is 0 Å². The molecule has 1 aromatic carbocycles. The molecule has 12 nitrogen and oxygen atoms in total. The van der Waals surface area contributed by atoms with Crippen molar-refractivity contribution in [2.75, 3.05) is 14.2 Å². The Hall–Kier alpha value is -5.00. The van der Waals surface area contributed by atoms with Crippen molar-refractivity contribution in [1.82, 2.24) is 34.8 Å². The van der Waals surface area contributed by atoms with Crippen LogP contribution in [-0.2, 0) is 20.1 Å². The summed E-state index contributed by atoms with van der Waals surface area (Å²) in [5.41, 5.74) is 4.48. The smallest absolute Gasteiger partial charge is 0.270 e. The minimum atomic E-state index is -0.422. The van der Waals surface area contributed by atoms with E-state index in [9.17, 15) is 9.59 Å². The molecular formula is C28H29N7O5. The number of carbonyl (C=O) groups excluding carboxylic acids is 2. The van der Waals surface area contributed by atoms with Crippen LogP contribution in [0.15, 0.2) is 34.9 Å². The molecule has 1 amide bonds. The van der Waals surface area contributed by atoms with Crippen molar-refractivity contribution in [3.63, 3.8) is 0 Å². The zero-order valence-corrected chi connectivity index (χ0v) is 23.1. The Balaban J connectivity index is 1.56. The molecule has 1 N–H and O–H groups in total. The van der Waals surface area contributed by atoms with Crippen molar-refractivity contribution in [3.8, 4) is 34.5 Å². The molecule has 206 valence electrons. The molecule has 0 aliphatic heterocycles. The van der Waals surface area contributed by atoms with Gasteiger partial charge in [-0.3, -0.25) is 19.0 Å². The van der Waals surface area contributed by atoms with E-state index in [1.807, 2.05) is 26.8 Å². The van der Waals surface area contributed by atoms with E-state index in [4.69, 9.17) is 13.9 Å². The zero-order chi connectivity index (χ0) is 28.6. The fourth-order valence-electron chi connectivity index (χ4n) is 4.56. The molecule has 0 saturated carbocycles. The summed E-state index contributed by atoms with van der Waals surface area (Å²) in [7, 11) is 4.89. The molecule has 0 radical (unpaired) electrons. The summed E-state index contributed by atoms with van der Waals surface area (Å²) in [5.74, 6) is 1.05. The Morgan fingerprint density at radius 1 is 1.12 bits per heavy atom. The van der Waals surface area contributed by atoms with Gasteiger partial charge in [0.05, 0.1) is 31.6 Å². The number of hydrogen-bond donors (Lipinski definition) is 1. The number of pyridine rings is 1. The lowest BCUT2D eigenvalue weighted by molar-refractivity contribution is 0.0945. The van der Waals surface area contributed by atoms with Crippen LogP contribution in [0, 0.1) is 13.8 Å². The second-order valence-electron chi connectivity index (χ2n) is 9.14. The Morgan fingerprint density at radius 3 is 2.62 bits per heavy atom. The predicted molar refractivity (Wildman–Crippen MR) is 146 cm³/mol. The van der Waals surface area contributed by atoms with Crippen LogP contribution < -0.4 is 14.8 Å². The highest BCUT2D eigenvalue weighted by Gasteiger charge is 2.25. The molecule has 0 saturated heterocycles. The summed E-state index contributed by atoms with van der Waals surface area (Å²) < 4.78 is 20.0. The van der Waals surface area contributed by atoms with Crippen molar-refractivity contribution in [2.45, 2.75) is 33.9 Å². The number of amides is 1. The van der Waals surface area contributed by atoms with Crippen LogP contribution in [0.4, 0.5) is 0 Å². The van der Waals surface area contributed by atoms with Gasteiger partial charge in [0.25, 0.3) is 5.91 Å². The van der Waals surface area contributed by atoms with Gasteiger partial charge in [0, 0.05) is 42.7 Å². The van der Waals surface area contributed by atoms with Crippen LogP contribution in [0.5, 0.6) is 11.5 Å². The van der Waals surface area contributed by atoms with Crippen molar-refractivity contribution in [2.24, 2.45) is 7.05 Å². The van der Waals surface area contributed by atoms with Crippen LogP contribution in [0.25, 0.3) is 33.9 Å². The topological polar surface area (TPSA) is 139 Å². The lowest BCUT2D eigenvalue weighted by Crippen LogP contribution is -2.24. The summed E-state index contributed by atoms with van der Waals surface area (Å²) in [4.78, 5) is 34.7. The maximum Gasteiger partial charge on any atom is 0.270 e. The van der Waals surface area contributed by atoms with Crippen molar-refractivity contribution < 1.29 is 23.5 Å². The van der Waals surface area contributed by atoms with Gasteiger partial charge in [0.1, 0.15) is 34.3 Å². The van der Waals surface area contributed by atoms with Gasteiger partial charge in [-0.2, -0.15) is 10.2 Å². The number of fused-ring (bicyclic) bond motifs is 1. The van der Waals surface area contributed by atoms with Crippen molar-refractivity contribution >= 4 is 23.1 Å². The lowest BCUT2D eigenvalue weighted by atomic mass is 10.1. The average molecular weight is 544 g/mol. The number of nitrogens with zero attached hydrogens (tertiary/aromatic N) is 6. The van der Waals surface area contributed by atoms with Crippen LogP contribution in [0.3, 0.4) is 0 Å². The second-order valence-corrected chi connectivity index (χ2v) is 9.14. The number of ether oxygens (including phenoxy) is 2. The maximum absolute atomic E-state index is 13.3. The molecule has 0 bridgehead atoms. The van der Waals surface area contributed by atoms with Crippen molar-refractivity contribution in [3.05, 3.63) is 58.7 Å². The number of rotatable bonds is 9. The van der Waals surface area contributed by atoms with Gasteiger partial charge in [-0.15, -0.1) is 0 Å². The van der Waals surface area contributed by atoms with Gasteiger partial charge >= 0.3 is 0 Å². The number of aromatic nitrogens is 6. The van der Waals surface area contributed by atoms with Crippen LogP contribution in [-0.4, -0.2) is 55.9 Å². The highest BCUT2D eigenvalue weighted by Crippen LogP contribution is 2.34. The van der Waals surface area contributed by atoms with Gasteiger partial charge in [-0.05, 0) is 39.0 Å². The Kier molecular flexibility index (Phi) is 7.07. The van der Waals surface area contributed by atoms with Gasteiger partial charge < -0.3 is 19.2 Å². The quantitative estimate of drug-likeness (QED) is 0.274. The Morgan fingerprint density at radius 2 is 1.93 bits per heavy atom. The molecular weight excluding hydrogens is 514 g/mol. The molecule has 0 spiro atoms. The Bertz CT molecular complexity index is 1750. The molecule has 0 atom stereocenters. The fraction of sp³-hybridized carbons (Fsp3) is 0.286. The normalized spacial score (nSPS) is 11.2. The van der Waals surface area contributed by atoms with E-state index in [0.29, 0.717) is 46.6 Å². The number of oxazole rings is 1. The van der Waals surface area contributed by atoms with E-state index in [-0.39, 0.29) is 29.6 Å². The summed E-state index contributed by atoms with van der Waals surface area (Å²) in [6.07, 6.45) is 2.21. The third kappa shape index (κ3) is 4.57. The second kappa shape index (κ2) is 10.6. The average Bonchev–Trinajstić information content (AvgIpc) is 3.65. The number of carbonyl (C=O) groups is 2. The first-order valence-corrected chi connectivity index (χ1v) is 12.6. The first-order chi connectivity index (χ1) is 19.3. The van der Waals surface area contributed by atoms with Crippen molar-refractivity contribution in [1.29, 1.82) is 0 Å². The number of aryl methyl sites for hydroxylation is 3. The summed E-state index contributed by atoms with van der Waals surface area (Å²) in [6, 6.07) is 7.00. The van der Waals surface area contributed by atoms with Gasteiger partial charge in [0.15, 0.2) is 12.0 Å². The molecule has 40 heavy (non-hydrogen) atoms. The van der Waals surface area contributed by atoms with E-state index in [1.54, 1.807) is 55.0 Å². The molecule has 5 aromatic rings. The highest BCUT2D eigenvalue weighted by molar-refractivity contribution is 6.01. The maximum atomic E-state index is 13.3. The van der Waals surface area contributed by atoms with E-state index in [1.165, 1.54) is 0 Å². The number of benzene rings is 1. The third-order valence-electron chi connectivity index (χ3n) is 6.83. The first kappa shape index (κ1) is 26.6. The summed E-state index contributed by atoms with van der Waals surface area (Å²) in [5, 5.41) is 12.4. The summed E-state index contributed by atoms with van der Waals surface area (Å²) in [6.45, 7) is 6.58. The SMILES string of the molecule is CCn1nc(C)c(C)c1-c1nc(-c2nc(C(=O)NCc3ccc(OC)cc3OC)cc3c2cnn3C)c(C=O)o1. The predicted octanol–water partition coefficient (Wildman–Crippen LogP) is 3.88. The molecule has 0 aliphatic rings. The lowest BCUT2D eigenvalue weighted by Gasteiger charge is -2.12. The third-order valence-corrected chi connectivity index (χ3v) is 6.83. The molecule has 0 fully saturated rings. The summed E-state index contributed by atoms with van der Waals surface area (Å²) >= 11 is 0. The Labute approximate surface area is 229 Å². The molecule has 0 aliphatic carbocycles. The van der Waals surface area contributed by atoms with Crippen LogP contribution in [0.1, 0.15) is 44.8 Å². The van der Waals surface area contributed by atoms with Gasteiger partial charge in [-0.1, -0.05) is 0 Å². The number of nitrogens with one attached hydrogen (secondary N) is 1. The van der Waals surface area contributed by atoms with Crippen LogP contribution >= 0.6 is 0 Å². The zero-order valence-electron chi connectivity index (χ0n) is 23.1. The number of hydrogen-bond acceptors (Lipinski definition) is 9. The van der Waals surface area contributed by atoms with E-state index in [0.717, 1.165) is 16.8 Å². The number of aldehydes is 1. The minimum absolute atomic E-state index is 0.00548. The largest absolute Gasteiger partial charge is 0.497 e. The van der Waals surface area contributed by atoms with Gasteiger partial charge in [0.2, 0.25) is 5.89 Å². The molecule has 4 aromatic heterocycles. The van der Waals surface area contributed by atoms with E-state index >= 15 is 0 Å². The highest BCUT2D eigenvalue weighted by atomic mass is 16.5. The molecule has 0 unspecified atom stereocenters. The van der Waals surface area contributed by atoms with E-state index < -0.39 is 5.91 Å². The molecule has 4 heterocycles. The molecule has 12 heteroatoms. The van der Waals surface area contributed by atoms with E-state index in [2.05, 4.69) is 25.5 Å². The minimum Gasteiger partial charge on any atom is -0.497 e. The van der Waals surface area contributed by atoms with Gasteiger partial charge in [-0.25, -0.2) is 9.97 Å². The monoisotopic (exact) mass is 543 g/mol. The fourth-order valence-corrected chi connectivity index (χ4v) is 4.56. The standard InChI is InChI=1S/C28H29N7O5/c1-7-35-26(15(2)16(3)33-35)28-32-25(23(14-36)40-28)24-19-13-30-34(4)21(19)11-20(31-24)27(37)29-12-17-8-9-18(38-5)10-22(17)39-6/h8-11,13-14H,7,12H2,1-6H3,(H,29,37).